The highest BCUT2D eigenvalue weighted by Crippen LogP contribution is 2.25. The second-order valence-corrected chi connectivity index (χ2v) is 6.00. The zero-order valence-electron chi connectivity index (χ0n) is 10.7. The Morgan fingerprint density at radius 3 is 2.71 bits per heavy atom. The summed E-state index contributed by atoms with van der Waals surface area (Å²) < 4.78 is 27.4. The first-order chi connectivity index (χ1) is 10.1. The predicted molar refractivity (Wildman–Crippen MR) is 78.1 cm³/mol. The Morgan fingerprint density at radius 2 is 1.90 bits per heavy atom. The number of hydrogen-bond acceptors (Lipinski definition) is 4. The van der Waals surface area contributed by atoms with Crippen LogP contribution in [-0.4, -0.2) is 18.6 Å². The Morgan fingerprint density at radius 1 is 1.14 bits per heavy atom. The standard InChI is InChI=1S/C14H10N4O2S/c15-8-11-9-16-17-14(11)18-21(19,20)13-7-3-5-10-4-1-2-6-12(10)13/h1-7,9H,(H2,16,17,18). The van der Waals surface area contributed by atoms with Crippen LogP contribution in [-0.2, 0) is 10.0 Å². The van der Waals surface area contributed by atoms with E-state index in [4.69, 9.17) is 5.26 Å². The molecule has 0 aliphatic heterocycles. The van der Waals surface area contributed by atoms with Crippen molar-refractivity contribution in [2.45, 2.75) is 4.90 Å². The number of aromatic amines is 1. The molecule has 104 valence electrons. The molecule has 6 nitrogen and oxygen atoms in total. The third-order valence-electron chi connectivity index (χ3n) is 3.04. The summed E-state index contributed by atoms with van der Waals surface area (Å²) in [5, 5.41) is 16.5. The van der Waals surface area contributed by atoms with Gasteiger partial charge in [-0.05, 0) is 11.5 Å². The molecule has 0 amide bonds. The highest BCUT2D eigenvalue weighted by molar-refractivity contribution is 7.93. The van der Waals surface area contributed by atoms with Crippen LogP contribution in [0.2, 0.25) is 0 Å². The third-order valence-corrected chi connectivity index (χ3v) is 4.44. The minimum atomic E-state index is -3.81. The molecule has 0 atom stereocenters. The fraction of sp³-hybridized carbons (Fsp3) is 0. The molecule has 0 aliphatic carbocycles. The Hall–Kier alpha value is -2.85. The number of benzene rings is 2. The van der Waals surface area contributed by atoms with Gasteiger partial charge in [0.2, 0.25) is 0 Å². The van der Waals surface area contributed by atoms with E-state index in [9.17, 15) is 8.42 Å². The van der Waals surface area contributed by atoms with Gasteiger partial charge >= 0.3 is 0 Å². The van der Waals surface area contributed by atoms with Crippen molar-refractivity contribution in [1.82, 2.24) is 10.2 Å². The molecule has 0 fully saturated rings. The van der Waals surface area contributed by atoms with E-state index in [0.29, 0.717) is 5.39 Å². The summed E-state index contributed by atoms with van der Waals surface area (Å²) in [7, 11) is -3.81. The van der Waals surface area contributed by atoms with E-state index in [1.165, 1.54) is 12.3 Å². The van der Waals surface area contributed by atoms with Crippen molar-refractivity contribution in [3.8, 4) is 6.07 Å². The van der Waals surface area contributed by atoms with Gasteiger partial charge < -0.3 is 0 Å². The van der Waals surface area contributed by atoms with E-state index in [1.54, 1.807) is 18.2 Å². The van der Waals surface area contributed by atoms with Crippen molar-refractivity contribution < 1.29 is 8.42 Å². The molecular weight excluding hydrogens is 288 g/mol. The average Bonchev–Trinajstić information content (AvgIpc) is 2.93. The first-order valence-electron chi connectivity index (χ1n) is 6.06. The Kier molecular flexibility index (Phi) is 3.08. The maximum atomic E-state index is 12.5. The van der Waals surface area contributed by atoms with Crippen LogP contribution in [0.1, 0.15) is 5.56 Å². The van der Waals surface area contributed by atoms with E-state index >= 15 is 0 Å². The summed E-state index contributed by atoms with van der Waals surface area (Å²) in [4.78, 5) is 0.152. The molecule has 2 N–H and O–H groups in total. The number of fused-ring (bicyclic) bond motifs is 1. The molecule has 0 saturated carbocycles. The summed E-state index contributed by atoms with van der Waals surface area (Å²) in [6, 6.07) is 14.1. The number of aromatic nitrogens is 2. The third kappa shape index (κ3) is 2.32. The molecule has 0 bridgehead atoms. The van der Waals surface area contributed by atoms with E-state index < -0.39 is 10.0 Å². The molecule has 21 heavy (non-hydrogen) atoms. The second-order valence-electron chi connectivity index (χ2n) is 4.35. The van der Waals surface area contributed by atoms with Crippen LogP contribution in [0, 0.1) is 11.3 Å². The SMILES string of the molecule is N#Cc1cn[nH]c1NS(=O)(=O)c1cccc2ccccc12. The maximum absolute atomic E-state index is 12.5. The number of nitriles is 1. The number of nitrogens with one attached hydrogen (secondary N) is 2. The normalized spacial score (nSPS) is 11.2. The number of rotatable bonds is 3. The highest BCUT2D eigenvalue weighted by atomic mass is 32.2. The summed E-state index contributed by atoms with van der Waals surface area (Å²) >= 11 is 0. The van der Waals surface area contributed by atoms with Gasteiger partial charge in [-0.15, -0.1) is 0 Å². The fourth-order valence-electron chi connectivity index (χ4n) is 2.07. The van der Waals surface area contributed by atoms with Crippen molar-refractivity contribution in [1.29, 1.82) is 5.26 Å². The van der Waals surface area contributed by atoms with Gasteiger partial charge in [0.1, 0.15) is 11.6 Å². The minimum Gasteiger partial charge on any atom is -0.263 e. The molecule has 1 heterocycles. The highest BCUT2D eigenvalue weighted by Gasteiger charge is 2.19. The molecule has 3 rings (SSSR count). The van der Waals surface area contributed by atoms with Crippen LogP contribution in [0.3, 0.4) is 0 Å². The molecule has 1 aromatic heterocycles. The maximum Gasteiger partial charge on any atom is 0.263 e. The van der Waals surface area contributed by atoms with E-state index in [-0.39, 0.29) is 16.3 Å². The first-order valence-corrected chi connectivity index (χ1v) is 7.54. The average molecular weight is 298 g/mol. The molecule has 7 heteroatoms. The zero-order chi connectivity index (χ0) is 14.9. The van der Waals surface area contributed by atoms with Gasteiger partial charge in [-0.25, -0.2) is 8.42 Å². The molecule has 0 unspecified atom stereocenters. The zero-order valence-corrected chi connectivity index (χ0v) is 11.6. The molecule has 0 aliphatic rings. The smallest absolute Gasteiger partial charge is 0.263 e. The van der Waals surface area contributed by atoms with E-state index in [1.807, 2.05) is 24.3 Å². The van der Waals surface area contributed by atoms with Gasteiger partial charge in [-0.1, -0.05) is 36.4 Å². The monoisotopic (exact) mass is 298 g/mol. The number of H-pyrrole nitrogens is 1. The van der Waals surface area contributed by atoms with Crippen LogP contribution in [0.15, 0.2) is 53.6 Å². The van der Waals surface area contributed by atoms with Gasteiger partial charge in [-0.2, -0.15) is 10.4 Å². The number of sulfonamides is 1. The number of hydrogen-bond donors (Lipinski definition) is 2. The lowest BCUT2D eigenvalue weighted by molar-refractivity contribution is 0.602. The van der Waals surface area contributed by atoms with Crippen LogP contribution in [0.5, 0.6) is 0 Å². The lowest BCUT2D eigenvalue weighted by Crippen LogP contribution is -2.14. The largest absolute Gasteiger partial charge is 0.263 e. The van der Waals surface area contributed by atoms with E-state index in [0.717, 1.165) is 5.39 Å². The van der Waals surface area contributed by atoms with Crippen LogP contribution >= 0.6 is 0 Å². The molecular formula is C14H10N4O2S. The predicted octanol–water partition coefficient (Wildman–Crippen LogP) is 2.24. The van der Waals surface area contributed by atoms with Gasteiger partial charge in [-0.3, -0.25) is 9.82 Å². The lowest BCUT2D eigenvalue weighted by Gasteiger charge is -2.09. The van der Waals surface area contributed by atoms with Crippen molar-refractivity contribution in [2.75, 3.05) is 4.72 Å². The molecule has 2 aromatic carbocycles. The minimum absolute atomic E-state index is 0.0606. The first kappa shape index (κ1) is 13.1. The van der Waals surface area contributed by atoms with Crippen LogP contribution in [0.25, 0.3) is 10.8 Å². The summed E-state index contributed by atoms with van der Waals surface area (Å²) in [6.45, 7) is 0. The van der Waals surface area contributed by atoms with Crippen LogP contribution < -0.4 is 4.72 Å². The van der Waals surface area contributed by atoms with E-state index in [2.05, 4.69) is 14.9 Å². The summed E-state index contributed by atoms with van der Waals surface area (Å²) in [6.07, 6.45) is 1.26. The van der Waals surface area contributed by atoms with Crippen molar-refractivity contribution in [3.05, 3.63) is 54.2 Å². The number of anilines is 1. The van der Waals surface area contributed by atoms with Gasteiger partial charge in [0.25, 0.3) is 10.0 Å². The fourth-order valence-corrected chi connectivity index (χ4v) is 3.34. The number of nitrogens with zero attached hydrogens (tertiary/aromatic N) is 2. The molecule has 3 aromatic rings. The Balaban J connectivity index is 2.11. The Labute approximate surface area is 121 Å². The molecule has 0 spiro atoms. The van der Waals surface area contributed by atoms with Crippen LogP contribution in [0.4, 0.5) is 5.82 Å². The second kappa shape index (κ2) is 4.92. The molecule has 0 radical (unpaired) electrons. The van der Waals surface area contributed by atoms with Gasteiger partial charge in [0, 0.05) is 5.39 Å². The van der Waals surface area contributed by atoms with Gasteiger partial charge in [0.05, 0.1) is 11.1 Å². The van der Waals surface area contributed by atoms with Crippen molar-refractivity contribution in [3.63, 3.8) is 0 Å². The topological polar surface area (TPSA) is 98.6 Å². The summed E-state index contributed by atoms with van der Waals surface area (Å²) in [5.74, 6) is 0.0606. The van der Waals surface area contributed by atoms with Gasteiger partial charge in [0.15, 0.2) is 5.82 Å². The van der Waals surface area contributed by atoms with Crippen molar-refractivity contribution >= 4 is 26.6 Å². The molecule has 0 saturated heterocycles. The van der Waals surface area contributed by atoms with Crippen molar-refractivity contribution in [2.24, 2.45) is 0 Å². The quantitative estimate of drug-likeness (QED) is 0.774. The lowest BCUT2D eigenvalue weighted by atomic mass is 10.1. The summed E-state index contributed by atoms with van der Waals surface area (Å²) in [5.41, 5.74) is 0.138. The Bertz CT molecular complexity index is 949.